The van der Waals surface area contributed by atoms with Crippen LogP contribution in [0.5, 0.6) is 0 Å². The van der Waals surface area contributed by atoms with Crippen LogP contribution < -0.4 is 0 Å². The van der Waals surface area contributed by atoms with Crippen molar-refractivity contribution in [3.63, 3.8) is 0 Å². The Hall–Kier alpha value is -1.66. The highest BCUT2D eigenvalue weighted by molar-refractivity contribution is 9.10. The van der Waals surface area contributed by atoms with Gasteiger partial charge < -0.3 is 9.80 Å². The molecule has 134 valence electrons. The van der Waals surface area contributed by atoms with Gasteiger partial charge in [0.2, 0.25) is 11.8 Å². The number of benzene rings is 1. The molecule has 2 aliphatic heterocycles. The Morgan fingerprint density at radius 3 is 2.32 bits per heavy atom. The maximum Gasteiger partial charge on any atom is 0.246 e. The molecule has 25 heavy (non-hydrogen) atoms. The average molecular weight is 406 g/mol. The molecule has 3 rings (SSSR count). The quantitative estimate of drug-likeness (QED) is 0.721. The largest absolute Gasteiger partial charge is 0.342 e. The first-order chi connectivity index (χ1) is 12.1. The highest BCUT2D eigenvalue weighted by Gasteiger charge is 2.24. The van der Waals surface area contributed by atoms with E-state index >= 15 is 0 Å². The Bertz CT molecular complexity index is 648. The first-order valence-corrected chi connectivity index (χ1v) is 9.64. The van der Waals surface area contributed by atoms with Crippen molar-refractivity contribution in [2.24, 2.45) is 0 Å². The second-order valence-electron chi connectivity index (χ2n) is 6.54. The molecule has 0 bridgehead atoms. The van der Waals surface area contributed by atoms with Gasteiger partial charge in [-0.2, -0.15) is 0 Å². The molecule has 0 saturated carbocycles. The lowest BCUT2D eigenvalue weighted by Crippen LogP contribution is -2.51. The summed E-state index contributed by atoms with van der Waals surface area (Å²) in [6.07, 6.45) is 5.72. The van der Waals surface area contributed by atoms with Crippen LogP contribution >= 0.6 is 15.9 Å². The molecule has 5 nitrogen and oxygen atoms in total. The fourth-order valence-electron chi connectivity index (χ4n) is 3.26. The summed E-state index contributed by atoms with van der Waals surface area (Å²) in [6, 6.07) is 7.83. The van der Waals surface area contributed by atoms with Gasteiger partial charge in [0.1, 0.15) is 0 Å². The molecular formula is C19H24BrN3O2. The van der Waals surface area contributed by atoms with Crippen LogP contribution in [0.15, 0.2) is 34.8 Å². The van der Waals surface area contributed by atoms with Crippen LogP contribution in [0.3, 0.4) is 0 Å². The molecular weight excluding hydrogens is 382 g/mol. The third-order valence-electron chi connectivity index (χ3n) is 4.81. The number of halogens is 1. The zero-order chi connectivity index (χ0) is 17.6. The summed E-state index contributed by atoms with van der Waals surface area (Å²) >= 11 is 3.48. The highest BCUT2D eigenvalue weighted by Crippen LogP contribution is 2.17. The third kappa shape index (κ3) is 4.92. The van der Waals surface area contributed by atoms with E-state index in [2.05, 4.69) is 20.8 Å². The molecule has 0 atom stereocenters. The molecule has 1 aromatic carbocycles. The van der Waals surface area contributed by atoms with Crippen LogP contribution in [-0.4, -0.2) is 72.3 Å². The first-order valence-electron chi connectivity index (χ1n) is 8.85. The number of likely N-dealkylation sites (tertiary alicyclic amines) is 1. The van der Waals surface area contributed by atoms with E-state index in [1.807, 2.05) is 40.1 Å². The molecule has 2 fully saturated rings. The summed E-state index contributed by atoms with van der Waals surface area (Å²) < 4.78 is 0.976. The second kappa shape index (κ2) is 8.63. The third-order valence-corrected chi connectivity index (χ3v) is 5.53. The van der Waals surface area contributed by atoms with Gasteiger partial charge in [-0.15, -0.1) is 0 Å². The molecule has 2 aliphatic rings. The van der Waals surface area contributed by atoms with Gasteiger partial charge in [-0.05, 0) is 30.5 Å². The van der Waals surface area contributed by atoms with Crippen LogP contribution in [0.2, 0.25) is 0 Å². The number of nitrogens with zero attached hydrogens (tertiary/aromatic N) is 3. The fourth-order valence-corrected chi connectivity index (χ4v) is 3.68. The van der Waals surface area contributed by atoms with Gasteiger partial charge in [-0.25, -0.2) is 0 Å². The summed E-state index contributed by atoms with van der Waals surface area (Å²) in [7, 11) is 0. The van der Waals surface area contributed by atoms with E-state index in [-0.39, 0.29) is 11.8 Å². The van der Waals surface area contributed by atoms with E-state index in [1.165, 1.54) is 0 Å². The molecule has 6 heteroatoms. The summed E-state index contributed by atoms with van der Waals surface area (Å²) in [6.45, 7) is 5.14. The van der Waals surface area contributed by atoms with Crippen molar-refractivity contribution < 1.29 is 9.59 Å². The summed E-state index contributed by atoms with van der Waals surface area (Å²) in [5.74, 6) is 0.257. The highest BCUT2D eigenvalue weighted by atomic mass is 79.9. The van der Waals surface area contributed by atoms with E-state index in [4.69, 9.17) is 0 Å². The lowest BCUT2D eigenvalue weighted by molar-refractivity contribution is -0.132. The number of rotatable bonds is 4. The molecule has 0 unspecified atom stereocenters. The standard InChI is InChI=1S/C19H24BrN3O2/c20-17-6-2-1-5-16(17)7-8-18(24)23-13-11-21(12-14-23)15-19(25)22-9-3-4-10-22/h1-2,5-8H,3-4,9-15H2/b8-7+. The normalized spacial score (nSPS) is 18.9. The second-order valence-corrected chi connectivity index (χ2v) is 7.40. The van der Waals surface area contributed by atoms with Gasteiger partial charge in [0.05, 0.1) is 6.54 Å². The number of carbonyl (C=O) groups excluding carboxylic acids is 2. The smallest absolute Gasteiger partial charge is 0.246 e. The molecule has 2 heterocycles. The van der Waals surface area contributed by atoms with Crippen molar-refractivity contribution in [3.8, 4) is 0 Å². The van der Waals surface area contributed by atoms with Crippen molar-refractivity contribution in [2.45, 2.75) is 12.8 Å². The van der Waals surface area contributed by atoms with Crippen molar-refractivity contribution in [1.29, 1.82) is 0 Å². The minimum Gasteiger partial charge on any atom is -0.342 e. The number of hydrogen-bond acceptors (Lipinski definition) is 3. The van der Waals surface area contributed by atoms with Gasteiger partial charge in [-0.3, -0.25) is 14.5 Å². The van der Waals surface area contributed by atoms with E-state index in [0.29, 0.717) is 19.6 Å². The summed E-state index contributed by atoms with van der Waals surface area (Å²) in [4.78, 5) is 30.5. The number of carbonyl (C=O) groups is 2. The number of piperazine rings is 1. The lowest BCUT2D eigenvalue weighted by atomic mass is 10.2. The Morgan fingerprint density at radius 2 is 1.64 bits per heavy atom. The Morgan fingerprint density at radius 1 is 0.960 bits per heavy atom. The molecule has 1 aromatic rings. The fraction of sp³-hybridized carbons (Fsp3) is 0.474. The van der Waals surface area contributed by atoms with Crippen LogP contribution in [0, 0.1) is 0 Å². The molecule has 2 amide bonds. The molecule has 0 spiro atoms. The lowest BCUT2D eigenvalue weighted by Gasteiger charge is -2.34. The summed E-state index contributed by atoms with van der Waals surface area (Å²) in [5, 5.41) is 0. The minimum absolute atomic E-state index is 0.0290. The minimum atomic E-state index is 0.0290. The van der Waals surface area contributed by atoms with Crippen molar-refractivity contribution in [1.82, 2.24) is 14.7 Å². The van der Waals surface area contributed by atoms with Crippen LogP contribution in [0.25, 0.3) is 6.08 Å². The molecule has 0 N–H and O–H groups in total. The van der Waals surface area contributed by atoms with E-state index in [1.54, 1.807) is 6.08 Å². The monoisotopic (exact) mass is 405 g/mol. The SMILES string of the molecule is O=C(/C=C/c1ccccc1Br)N1CCN(CC(=O)N2CCCC2)CC1. The van der Waals surface area contributed by atoms with Crippen molar-refractivity contribution in [3.05, 3.63) is 40.4 Å². The van der Waals surface area contributed by atoms with Gasteiger partial charge >= 0.3 is 0 Å². The topological polar surface area (TPSA) is 43.9 Å². The van der Waals surface area contributed by atoms with Crippen molar-refractivity contribution >= 4 is 33.8 Å². The predicted molar refractivity (Wildman–Crippen MR) is 102 cm³/mol. The zero-order valence-corrected chi connectivity index (χ0v) is 16.0. The summed E-state index contributed by atoms with van der Waals surface area (Å²) in [5.41, 5.74) is 0.991. The molecule has 0 radical (unpaired) electrons. The maximum absolute atomic E-state index is 12.4. The molecule has 0 aliphatic carbocycles. The Balaban J connectivity index is 1.46. The number of amides is 2. The van der Waals surface area contributed by atoms with Crippen molar-refractivity contribution in [2.75, 3.05) is 45.8 Å². The molecule has 2 saturated heterocycles. The van der Waals surface area contributed by atoms with Gasteiger partial charge in [-0.1, -0.05) is 34.1 Å². The Labute approximate surface area is 157 Å². The maximum atomic E-state index is 12.4. The van der Waals surface area contributed by atoms with E-state index in [9.17, 15) is 9.59 Å². The van der Waals surface area contributed by atoms with Gasteiger partial charge in [0.25, 0.3) is 0 Å². The van der Waals surface area contributed by atoms with Gasteiger partial charge in [0.15, 0.2) is 0 Å². The Kier molecular flexibility index (Phi) is 6.26. The van der Waals surface area contributed by atoms with E-state index in [0.717, 1.165) is 49.1 Å². The van der Waals surface area contributed by atoms with Gasteiger partial charge in [0, 0.05) is 49.8 Å². The first kappa shape index (κ1) is 18.1. The predicted octanol–water partition coefficient (Wildman–Crippen LogP) is 2.23. The van der Waals surface area contributed by atoms with Crippen LogP contribution in [0.4, 0.5) is 0 Å². The average Bonchev–Trinajstić information content (AvgIpc) is 3.16. The van der Waals surface area contributed by atoms with Crippen LogP contribution in [-0.2, 0) is 9.59 Å². The van der Waals surface area contributed by atoms with E-state index < -0.39 is 0 Å². The number of hydrogen-bond donors (Lipinski definition) is 0. The zero-order valence-electron chi connectivity index (χ0n) is 14.4. The molecule has 0 aromatic heterocycles. The van der Waals surface area contributed by atoms with Crippen LogP contribution in [0.1, 0.15) is 18.4 Å².